The summed E-state index contributed by atoms with van der Waals surface area (Å²) in [6, 6.07) is 31.7. The van der Waals surface area contributed by atoms with Gasteiger partial charge in [0.1, 0.15) is 25.4 Å². The quantitative estimate of drug-likeness (QED) is 0.172. The van der Waals surface area contributed by atoms with Gasteiger partial charge in [0.05, 0.1) is 22.3 Å². The maximum Gasteiger partial charge on any atom is 0.338 e. The Morgan fingerprint density at radius 3 is 0.955 bits per heavy atom. The van der Waals surface area contributed by atoms with Crippen molar-refractivity contribution in [2.24, 2.45) is 0 Å². The number of hydrogen-bond donors (Lipinski definition) is 2. The van der Waals surface area contributed by atoms with Gasteiger partial charge in [-0.3, -0.25) is 0 Å². The maximum absolute atomic E-state index is 12.9. The van der Waals surface area contributed by atoms with Crippen molar-refractivity contribution >= 4 is 23.9 Å². The second-order valence-corrected chi connectivity index (χ2v) is 9.53. The summed E-state index contributed by atoms with van der Waals surface area (Å²) in [5.41, 5.74) is 0.686. The van der Waals surface area contributed by atoms with Gasteiger partial charge in [-0.15, -0.1) is 0 Å². The Kier molecular flexibility index (Phi) is 11.3. The average molecular weight is 599 g/mol. The lowest BCUT2D eigenvalue weighted by Crippen LogP contribution is -2.51. The first kappa shape index (κ1) is 31.6. The molecule has 0 spiro atoms. The minimum absolute atomic E-state index is 0.137. The van der Waals surface area contributed by atoms with Crippen LogP contribution in [0.5, 0.6) is 0 Å². The number of aliphatic hydroxyl groups is 2. The van der Waals surface area contributed by atoms with Gasteiger partial charge in [-0.05, 0) is 48.5 Å². The number of carbonyl (C=O) groups excluding carboxylic acids is 4. The van der Waals surface area contributed by atoms with Gasteiger partial charge in [0, 0.05) is 0 Å². The predicted molar refractivity (Wildman–Crippen MR) is 157 cm³/mol. The summed E-state index contributed by atoms with van der Waals surface area (Å²) in [6.07, 6.45) is -7.16. The fourth-order valence-electron chi connectivity index (χ4n) is 4.03. The second-order valence-electron chi connectivity index (χ2n) is 9.53. The Labute approximate surface area is 253 Å². The van der Waals surface area contributed by atoms with Gasteiger partial charge in [-0.1, -0.05) is 72.8 Å². The molecule has 0 fully saturated rings. The van der Waals surface area contributed by atoms with Crippen LogP contribution in [0, 0.1) is 0 Å². The maximum atomic E-state index is 12.9. The summed E-state index contributed by atoms with van der Waals surface area (Å²) in [6.45, 7) is -1.32. The first-order valence-electron chi connectivity index (χ1n) is 13.7. The molecule has 2 N–H and O–H groups in total. The SMILES string of the molecule is O=C(OC[C@H](OC(=O)c1ccccc1)[C@H](O)[C@H](O)[C@H](COC(=O)c1ccccc1)OC(=O)c1ccccc1)c1ccccc1. The lowest BCUT2D eigenvalue weighted by molar-refractivity contribution is -0.131. The molecule has 0 unspecified atom stereocenters. The number of hydrogen-bond acceptors (Lipinski definition) is 10. The van der Waals surface area contributed by atoms with Crippen molar-refractivity contribution in [1.82, 2.24) is 0 Å². The summed E-state index contributed by atoms with van der Waals surface area (Å²) in [7, 11) is 0. The first-order chi connectivity index (χ1) is 21.3. The van der Waals surface area contributed by atoms with Crippen LogP contribution >= 0.6 is 0 Å². The molecular formula is C34H30O10. The monoisotopic (exact) mass is 598 g/mol. The average Bonchev–Trinajstić information content (AvgIpc) is 3.08. The number of ether oxygens (including phenoxy) is 4. The summed E-state index contributed by atoms with van der Waals surface area (Å²) in [4.78, 5) is 51.0. The van der Waals surface area contributed by atoms with Gasteiger partial charge in [-0.2, -0.15) is 0 Å². The summed E-state index contributed by atoms with van der Waals surface area (Å²) < 4.78 is 21.5. The highest BCUT2D eigenvalue weighted by Gasteiger charge is 2.38. The smallest absolute Gasteiger partial charge is 0.338 e. The molecule has 0 bridgehead atoms. The third-order valence-electron chi connectivity index (χ3n) is 6.42. The fraction of sp³-hybridized carbons (Fsp3) is 0.176. The molecule has 10 heteroatoms. The van der Waals surface area contributed by atoms with E-state index in [4.69, 9.17) is 18.9 Å². The molecule has 4 aromatic rings. The Morgan fingerprint density at radius 2 is 0.682 bits per heavy atom. The van der Waals surface area contributed by atoms with Crippen molar-refractivity contribution in [3.8, 4) is 0 Å². The van der Waals surface area contributed by atoms with Crippen molar-refractivity contribution in [1.29, 1.82) is 0 Å². The molecule has 0 saturated carbocycles. The predicted octanol–water partition coefficient (Wildman–Crippen LogP) is 3.87. The van der Waals surface area contributed by atoms with Crippen LogP contribution in [-0.4, -0.2) is 71.7 Å². The van der Waals surface area contributed by atoms with Crippen LogP contribution in [0.1, 0.15) is 41.4 Å². The van der Waals surface area contributed by atoms with Crippen molar-refractivity contribution in [3.63, 3.8) is 0 Å². The molecule has 0 aliphatic heterocycles. The second kappa shape index (κ2) is 15.8. The van der Waals surface area contributed by atoms with Crippen LogP contribution in [-0.2, 0) is 18.9 Å². The third-order valence-corrected chi connectivity index (χ3v) is 6.42. The Bertz CT molecular complexity index is 1390. The van der Waals surface area contributed by atoms with Gasteiger partial charge >= 0.3 is 23.9 Å². The highest BCUT2D eigenvalue weighted by atomic mass is 16.6. The van der Waals surface area contributed by atoms with E-state index in [0.29, 0.717) is 0 Å². The molecule has 0 radical (unpaired) electrons. The molecule has 226 valence electrons. The van der Waals surface area contributed by atoms with Crippen molar-refractivity contribution in [2.75, 3.05) is 13.2 Å². The van der Waals surface area contributed by atoms with E-state index in [1.54, 1.807) is 72.8 Å². The normalized spacial score (nSPS) is 13.4. The molecule has 4 aromatic carbocycles. The van der Waals surface area contributed by atoms with Gasteiger partial charge in [0.2, 0.25) is 0 Å². The van der Waals surface area contributed by atoms with E-state index in [0.717, 1.165) is 0 Å². The number of rotatable bonds is 13. The van der Waals surface area contributed by atoms with Gasteiger partial charge in [0.15, 0.2) is 12.2 Å². The zero-order chi connectivity index (χ0) is 31.3. The van der Waals surface area contributed by atoms with Crippen molar-refractivity contribution in [3.05, 3.63) is 144 Å². The van der Waals surface area contributed by atoms with E-state index in [2.05, 4.69) is 0 Å². The van der Waals surface area contributed by atoms with E-state index < -0.39 is 61.5 Å². The summed E-state index contributed by atoms with van der Waals surface area (Å²) in [5.74, 6) is -3.27. The molecule has 4 atom stereocenters. The highest BCUT2D eigenvalue weighted by molar-refractivity contribution is 5.91. The van der Waals surface area contributed by atoms with Crippen LogP contribution < -0.4 is 0 Å². The summed E-state index contributed by atoms with van der Waals surface area (Å²) >= 11 is 0. The van der Waals surface area contributed by atoms with E-state index >= 15 is 0 Å². The fourth-order valence-corrected chi connectivity index (χ4v) is 4.03. The molecule has 0 heterocycles. The zero-order valence-corrected chi connectivity index (χ0v) is 23.4. The molecule has 0 amide bonds. The number of esters is 4. The zero-order valence-electron chi connectivity index (χ0n) is 23.4. The molecule has 0 saturated heterocycles. The topological polar surface area (TPSA) is 146 Å². The van der Waals surface area contributed by atoms with Crippen LogP contribution in [0.3, 0.4) is 0 Å². The number of benzene rings is 4. The highest BCUT2D eigenvalue weighted by Crippen LogP contribution is 2.18. The van der Waals surface area contributed by atoms with E-state index in [1.165, 1.54) is 48.5 Å². The van der Waals surface area contributed by atoms with Crippen LogP contribution in [0.25, 0.3) is 0 Å². The number of aliphatic hydroxyl groups excluding tert-OH is 2. The van der Waals surface area contributed by atoms with Crippen molar-refractivity contribution < 1.29 is 48.3 Å². The Balaban J connectivity index is 1.55. The van der Waals surface area contributed by atoms with Gasteiger partial charge in [-0.25, -0.2) is 19.2 Å². The van der Waals surface area contributed by atoms with Crippen LogP contribution in [0.4, 0.5) is 0 Å². The third kappa shape index (κ3) is 8.84. The van der Waals surface area contributed by atoms with E-state index in [1.807, 2.05) is 0 Å². The molecule has 0 aromatic heterocycles. The van der Waals surface area contributed by atoms with E-state index in [-0.39, 0.29) is 22.3 Å². The molecule has 10 nitrogen and oxygen atoms in total. The van der Waals surface area contributed by atoms with Crippen LogP contribution in [0.2, 0.25) is 0 Å². The lowest BCUT2D eigenvalue weighted by atomic mass is 10.0. The minimum Gasteiger partial charge on any atom is -0.458 e. The van der Waals surface area contributed by atoms with Crippen molar-refractivity contribution in [2.45, 2.75) is 24.4 Å². The van der Waals surface area contributed by atoms with Crippen LogP contribution in [0.15, 0.2) is 121 Å². The Morgan fingerprint density at radius 1 is 0.432 bits per heavy atom. The minimum atomic E-state index is -1.96. The van der Waals surface area contributed by atoms with Gasteiger partial charge in [0.25, 0.3) is 0 Å². The Hall–Kier alpha value is -5.32. The standard InChI is InChI=1S/C34H30O10/c35-29(27(43-33(39)25-17-9-3-10-18-25)21-41-31(37)23-13-5-1-6-14-23)30(36)28(44-34(40)26-19-11-4-12-20-26)22-42-32(38)24-15-7-2-8-16-24/h1-20,27-30,35-36H,21-22H2/t27-,28-,29-,30+/m0/s1. The molecule has 0 aliphatic carbocycles. The largest absolute Gasteiger partial charge is 0.458 e. The van der Waals surface area contributed by atoms with E-state index in [9.17, 15) is 29.4 Å². The molecule has 4 rings (SSSR count). The molecule has 0 aliphatic rings. The molecular weight excluding hydrogens is 568 g/mol. The van der Waals surface area contributed by atoms with Gasteiger partial charge < -0.3 is 29.2 Å². The first-order valence-corrected chi connectivity index (χ1v) is 13.7. The summed E-state index contributed by atoms with van der Waals surface area (Å²) in [5, 5.41) is 22.5. The lowest BCUT2D eigenvalue weighted by Gasteiger charge is -2.31. The number of carbonyl (C=O) groups is 4. The molecule has 44 heavy (non-hydrogen) atoms.